The number of anilines is 2. The number of carbonyl (C=O) groups excluding carboxylic acids is 1. The molecule has 0 atom stereocenters. The lowest BCUT2D eigenvalue weighted by Gasteiger charge is -2.35. The second kappa shape index (κ2) is 8.92. The minimum Gasteiger partial charge on any atom is -0.508 e. The van der Waals surface area contributed by atoms with Crippen LogP contribution in [0.2, 0.25) is 0 Å². The number of phenols is 1. The first-order valence-corrected chi connectivity index (χ1v) is 9.85. The Morgan fingerprint density at radius 1 is 1.03 bits per heavy atom. The van der Waals surface area contributed by atoms with E-state index in [1.807, 2.05) is 18.2 Å². The molecule has 7 heteroatoms. The molecule has 1 fully saturated rings. The molecular weight excluding hydrogens is 383 g/mol. The van der Waals surface area contributed by atoms with Crippen molar-refractivity contribution in [1.82, 2.24) is 9.88 Å². The van der Waals surface area contributed by atoms with Crippen LogP contribution in [-0.4, -0.2) is 47.1 Å². The lowest BCUT2D eigenvalue weighted by Crippen LogP contribution is -2.46. The SMILES string of the molecule is O=C(Nc1ccc(N2CCN(Cc3cccc(O)c3)CC2)nc1)c1cccc(F)c1. The number of amides is 1. The lowest BCUT2D eigenvalue weighted by atomic mass is 10.2. The Balaban J connectivity index is 1.31. The second-order valence-electron chi connectivity index (χ2n) is 7.30. The Kier molecular flexibility index (Phi) is 5.90. The first kappa shape index (κ1) is 19.8. The van der Waals surface area contributed by atoms with Crippen molar-refractivity contribution < 1.29 is 14.3 Å². The van der Waals surface area contributed by atoms with Crippen LogP contribution in [0.25, 0.3) is 0 Å². The van der Waals surface area contributed by atoms with E-state index in [-0.39, 0.29) is 11.5 Å². The third-order valence-electron chi connectivity index (χ3n) is 5.11. The number of halogens is 1. The molecule has 30 heavy (non-hydrogen) atoms. The largest absolute Gasteiger partial charge is 0.508 e. The monoisotopic (exact) mass is 406 g/mol. The van der Waals surface area contributed by atoms with Gasteiger partial charge in [-0.2, -0.15) is 0 Å². The fourth-order valence-electron chi connectivity index (χ4n) is 3.53. The number of pyridine rings is 1. The first-order chi connectivity index (χ1) is 14.6. The van der Waals surface area contributed by atoms with Crippen LogP contribution in [0.15, 0.2) is 66.9 Å². The summed E-state index contributed by atoms with van der Waals surface area (Å²) < 4.78 is 13.3. The van der Waals surface area contributed by atoms with E-state index in [2.05, 4.69) is 20.1 Å². The molecule has 0 radical (unpaired) electrons. The molecule has 1 aliphatic rings. The van der Waals surface area contributed by atoms with Gasteiger partial charge in [-0.25, -0.2) is 9.37 Å². The third kappa shape index (κ3) is 4.93. The molecule has 3 aromatic rings. The Morgan fingerprint density at radius 3 is 2.53 bits per heavy atom. The van der Waals surface area contributed by atoms with Crippen molar-refractivity contribution in [3.05, 3.63) is 83.8 Å². The zero-order chi connectivity index (χ0) is 20.9. The van der Waals surface area contributed by atoms with Gasteiger partial charge in [-0.3, -0.25) is 9.69 Å². The van der Waals surface area contributed by atoms with E-state index in [1.54, 1.807) is 30.5 Å². The number of nitrogens with zero attached hydrogens (tertiary/aromatic N) is 3. The van der Waals surface area contributed by atoms with E-state index < -0.39 is 5.82 Å². The molecule has 154 valence electrons. The van der Waals surface area contributed by atoms with E-state index >= 15 is 0 Å². The van der Waals surface area contributed by atoms with Gasteiger partial charge >= 0.3 is 0 Å². The number of nitrogens with one attached hydrogen (secondary N) is 1. The number of piperazine rings is 1. The molecule has 1 saturated heterocycles. The minimum absolute atomic E-state index is 0.266. The summed E-state index contributed by atoms with van der Waals surface area (Å²) >= 11 is 0. The van der Waals surface area contributed by atoms with E-state index in [0.717, 1.165) is 44.1 Å². The van der Waals surface area contributed by atoms with Gasteiger partial charge < -0.3 is 15.3 Å². The van der Waals surface area contributed by atoms with E-state index in [9.17, 15) is 14.3 Å². The van der Waals surface area contributed by atoms with Crippen LogP contribution in [0.3, 0.4) is 0 Å². The van der Waals surface area contributed by atoms with Crippen LogP contribution >= 0.6 is 0 Å². The van der Waals surface area contributed by atoms with Crippen molar-refractivity contribution in [3.8, 4) is 5.75 Å². The minimum atomic E-state index is -0.445. The highest BCUT2D eigenvalue weighted by atomic mass is 19.1. The predicted octanol–water partition coefficient (Wildman–Crippen LogP) is 3.50. The number of hydrogen-bond donors (Lipinski definition) is 2. The Hall–Kier alpha value is -3.45. The Bertz CT molecular complexity index is 1020. The van der Waals surface area contributed by atoms with Crippen molar-refractivity contribution in [1.29, 1.82) is 0 Å². The summed E-state index contributed by atoms with van der Waals surface area (Å²) in [5, 5.41) is 12.3. The molecular formula is C23H23FN4O2. The summed E-state index contributed by atoms with van der Waals surface area (Å²) in [6.07, 6.45) is 1.62. The molecule has 6 nitrogen and oxygen atoms in total. The molecule has 1 aromatic heterocycles. The van der Waals surface area contributed by atoms with Gasteiger partial charge in [0.15, 0.2) is 0 Å². The molecule has 2 heterocycles. The number of benzene rings is 2. The lowest BCUT2D eigenvalue weighted by molar-refractivity contribution is 0.102. The van der Waals surface area contributed by atoms with Crippen LogP contribution in [0.5, 0.6) is 5.75 Å². The number of hydrogen-bond acceptors (Lipinski definition) is 5. The van der Waals surface area contributed by atoms with Gasteiger partial charge in [0, 0.05) is 38.3 Å². The number of aromatic hydroxyl groups is 1. The van der Waals surface area contributed by atoms with Crippen molar-refractivity contribution in [2.75, 3.05) is 36.4 Å². The van der Waals surface area contributed by atoms with E-state index in [4.69, 9.17) is 0 Å². The van der Waals surface area contributed by atoms with Gasteiger partial charge in [0.2, 0.25) is 0 Å². The summed E-state index contributed by atoms with van der Waals surface area (Å²) in [6, 6.07) is 16.6. The molecule has 0 saturated carbocycles. The summed E-state index contributed by atoms with van der Waals surface area (Å²) in [4.78, 5) is 21.2. The maximum Gasteiger partial charge on any atom is 0.255 e. The van der Waals surface area contributed by atoms with Crippen LogP contribution in [0.4, 0.5) is 15.9 Å². The van der Waals surface area contributed by atoms with Gasteiger partial charge in [-0.1, -0.05) is 18.2 Å². The maximum atomic E-state index is 13.3. The smallest absolute Gasteiger partial charge is 0.255 e. The number of phenolic OH excluding ortho intramolecular Hbond substituents is 1. The molecule has 1 amide bonds. The van der Waals surface area contributed by atoms with Crippen molar-refractivity contribution in [2.24, 2.45) is 0 Å². The van der Waals surface area contributed by atoms with E-state index in [0.29, 0.717) is 11.4 Å². The molecule has 0 bridgehead atoms. The number of aromatic nitrogens is 1. The first-order valence-electron chi connectivity index (χ1n) is 9.85. The molecule has 2 aromatic carbocycles. The van der Waals surface area contributed by atoms with Crippen molar-refractivity contribution in [2.45, 2.75) is 6.54 Å². The average molecular weight is 406 g/mol. The second-order valence-corrected chi connectivity index (χ2v) is 7.30. The Morgan fingerprint density at radius 2 is 1.83 bits per heavy atom. The molecule has 4 rings (SSSR count). The third-order valence-corrected chi connectivity index (χ3v) is 5.11. The fraction of sp³-hybridized carbons (Fsp3) is 0.217. The van der Waals surface area contributed by atoms with Crippen LogP contribution < -0.4 is 10.2 Å². The highest BCUT2D eigenvalue weighted by molar-refractivity contribution is 6.04. The fourth-order valence-corrected chi connectivity index (χ4v) is 3.53. The normalized spacial score (nSPS) is 14.5. The van der Waals surface area contributed by atoms with Gasteiger partial charge in [0.05, 0.1) is 11.9 Å². The average Bonchev–Trinajstić information content (AvgIpc) is 2.75. The van der Waals surface area contributed by atoms with Crippen LogP contribution in [-0.2, 0) is 6.54 Å². The van der Waals surface area contributed by atoms with Gasteiger partial charge in [0.25, 0.3) is 5.91 Å². The number of rotatable bonds is 5. The number of carbonyl (C=O) groups is 1. The van der Waals surface area contributed by atoms with Gasteiger partial charge in [-0.05, 0) is 48.0 Å². The summed E-state index contributed by atoms with van der Waals surface area (Å²) in [5.74, 6) is 0.333. The highest BCUT2D eigenvalue weighted by Crippen LogP contribution is 2.19. The summed E-state index contributed by atoms with van der Waals surface area (Å²) in [7, 11) is 0. The van der Waals surface area contributed by atoms with Crippen LogP contribution in [0.1, 0.15) is 15.9 Å². The standard InChI is InChI=1S/C23H23FN4O2/c24-19-5-2-4-18(14-19)23(30)26-20-7-8-22(25-15-20)28-11-9-27(10-12-28)16-17-3-1-6-21(29)13-17/h1-8,13-15,29H,9-12,16H2,(H,26,30). The van der Waals surface area contributed by atoms with Crippen molar-refractivity contribution in [3.63, 3.8) is 0 Å². The Labute approximate surface area is 174 Å². The molecule has 0 unspecified atom stereocenters. The summed E-state index contributed by atoms with van der Waals surface area (Å²) in [6.45, 7) is 4.30. The zero-order valence-corrected chi connectivity index (χ0v) is 16.5. The topological polar surface area (TPSA) is 68.7 Å². The molecule has 0 aliphatic carbocycles. The predicted molar refractivity (Wildman–Crippen MR) is 114 cm³/mol. The van der Waals surface area contributed by atoms with Crippen LogP contribution in [0, 0.1) is 5.82 Å². The summed E-state index contributed by atoms with van der Waals surface area (Å²) in [5.41, 5.74) is 1.93. The molecule has 1 aliphatic heterocycles. The molecule has 0 spiro atoms. The van der Waals surface area contributed by atoms with E-state index in [1.165, 1.54) is 18.2 Å². The highest BCUT2D eigenvalue weighted by Gasteiger charge is 2.18. The maximum absolute atomic E-state index is 13.3. The quantitative estimate of drug-likeness (QED) is 0.679. The van der Waals surface area contributed by atoms with Gasteiger partial charge in [-0.15, -0.1) is 0 Å². The zero-order valence-electron chi connectivity index (χ0n) is 16.5. The molecule has 2 N–H and O–H groups in total. The van der Waals surface area contributed by atoms with Gasteiger partial charge in [0.1, 0.15) is 17.4 Å². The van der Waals surface area contributed by atoms with Crippen molar-refractivity contribution >= 4 is 17.4 Å².